The minimum atomic E-state index is -0.718. The van der Waals surface area contributed by atoms with Gasteiger partial charge in [-0.15, -0.1) is 0 Å². The second kappa shape index (κ2) is 18.6. The molecule has 5 atom stereocenters. The maximum atomic E-state index is 13.8. The summed E-state index contributed by atoms with van der Waals surface area (Å²) in [5.74, 6) is 1.59. The third-order valence-corrected chi connectivity index (χ3v) is 13.5. The SMILES string of the molecule is COC(=O)NC(C(=O)N1CCCC1c1ncc(-c2ccc3c(c2)OC(C)c2c-3n(Cc3ccccc3)c3ccc(-c4cnc(C5CCCN5C(=O)C(NC(=O)OC)C(C)C)[nH]4)cc23)[nH]1)C(C)C. The van der Waals surface area contributed by atoms with Crippen molar-refractivity contribution in [2.75, 3.05) is 27.3 Å². The normalized spacial score (nSPS) is 18.7. The number of aromatic nitrogens is 5. The smallest absolute Gasteiger partial charge is 0.407 e. The van der Waals surface area contributed by atoms with E-state index >= 15 is 0 Å². The quantitative estimate of drug-likeness (QED) is 0.0932. The Bertz CT molecular complexity index is 2810. The monoisotopic (exact) mass is 909 g/mol. The summed E-state index contributed by atoms with van der Waals surface area (Å²) in [7, 11) is 2.59. The number of benzene rings is 3. The number of amides is 4. The first-order valence-electron chi connectivity index (χ1n) is 23.3. The Morgan fingerprint density at radius 3 is 1.82 bits per heavy atom. The van der Waals surface area contributed by atoms with Gasteiger partial charge >= 0.3 is 12.2 Å². The molecule has 0 bridgehead atoms. The molecule has 9 rings (SSSR count). The lowest BCUT2D eigenvalue weighted by molar-refractivity contribution is -0.136. The molecular weight excluding hydrogens is 851 g/mol. The summed E-state index contributed by atoms with van der Waals surface area (Å²) in [5.41, 5.74) is 8.91. The molecule has 3 aromatic heterocycles. The van der Waals surface area contributed by atoms with Crippen molar-refractivity contribution in [3.63, 3.8) is 0 Å². The summed E-state index contributed by atoms with van der Waals surface area (Å²) in [6.07, 6.45) is 5.24. The first kappa shape index (κ1) is 45.1. The number of rotatable bonds is 12. The first-order valence-corrected chi connectivity index (χ1v) is 23.3. The predicted octanol–water partition coefficient (Wildman–Crippen LogP) is 8.68. The lowest BCUT2D eigenvalue weighted by atomic mass is 9.95. The van der Waals surface area contributed by atoms with Crippen LogP contribution in [0.15, 0.2) is 79.1 Å². The van der Waals surface area contributed by atoms with E-state index in [0.29, 0.717) is 31.3 Å². The number of ether oxygens (including phenoxy) is 3. The van der Waals surface area contributed by atoms with Crippen LogP contribution in [-0.2, 0) is 25.6 Å². The van der Waals surface area contributed by atoms with Crippen LogP contribution in [0.2, 0.25) is 0 Å². The Balaban J connectivity index is 1.03. The van der Waals surface area contributed by atoms with Crippen molar-refractivity contribution < 1.29 is 33.4 Å². The van der Waals surface area contributed by atoms with E-state index in [9.17, 15) is 19.2 Å². The van der Waals surface area contributed by atoms with Crippen LogP contribution in [0.5, 0.6) is 5.75 Å². The van der Waals surface area contributed by atoms with Crippen LogP contribution in [0.1, 0.15) is 101 Å². The minimum Gasteiger partial charge on any atom is -0.485 e. The average molecular weight is 910 g/mol. The van der Waals surface area contributed by atoms with E-state index in [2.05, 4.69) is 92.8 Å². The van der Waals surface area contributed by atoms with Crippen molar-refractivity contribution in [3.05, 3.63) is 102 Å². The number of methoxy groups -OCH3 is 2. The fourth-order valence-corrected chi connectivity index (χ4v) is 10.1. The predicted molar refractivity (Wildman–Crippen MR) is 253 cm³/mol. The fourth-order valence-electron chi connectivity index (χ4n) is 10.1. The molecular formula is C51H59N9O7. The van der Waals surface area contributed by atoms with E-state index in [1.165, 1.54) is 19.8 Å². The Kier molecular flexibility index (Phi) is 12.5. The van der Waals surface area contributed by atoms with Gasteiger partial charge in [0.1, 0.15) is 35.6 Å². The van der Waals surface area contributed by atoms with Crippen molar-refractivity contribution in [2.24, 2.45) is 11.8 Å². The summed E-state index contributed by atoms with van der Waals surface area (Å²) >= 11 is 0. The van der Waals surface area contributed by atoms with E-state index in [-0.39, 0.29) is 41.8 Å². The second-order valence-corrected chi connectivity index (χ2v) is 18.5. The number of hydrogen-bond donors (Lipinski definition) is 4. The van der Waals surface area contributed by atoms with Gasteiger partial charge in [0.2, 0.25) is 11.8 Å². The summed E-state index contributed by atoms with van der Waals surface area (Å²) in [4.78, 5) is 72.2. The van der Waals surface area contributed by atoms with Gasteiger partial charge < -0.3 is 49.2 Å². The molecule has 2 saturated heterocycles. The Morgan fingerprint density at radius 1 is 0.746 bits per heavy atom. The molecule has 16 heteroatoms. The Hall–Kier alpha value is -7.10. The van der Waals surface area contributed by atoms with Crippen LogP contribution in [0.3, 0.4) is 0 Å². The van der Waals surface area contributed by atoms with E-state index in [4.69, 9.17) is 24.2 Å². The molecule has 0 saturated carbocycles. The third-order valence-electron chi connectivity index (χ3n) is 13.5. The molecule has 5 unspecified atom stereocenters. The number of nitrogens with zero attached hydrogens (tertiary/aromatic N) is 5. The van der Waals surface area contributed by atoms with E-state index in [0.717, 1.165) is 81.7 Å². The van der Waals surface area contributed by atoms with Gasteiger partial charge in [-0.25, -0.2) is 19.6 Å². The summed E-state index contributed by atoms with van der Waals surface area (Å²) in [5, 5.41) is 6.52. The van der Waals surface area contributed by atoms with Crippen molar-refractivity contribution in [2.45, 2.75) is 97.1 Å². The molecule has 3 aliphatic rings. The van der Waals surface area contributed by atoms with Crippen molar-refractivity contribution >= 4 is 34.9 Å². The number of carbonyl (C=O) groups is 4. The number of alkyl carbamates (subject to hydrolysis) is 2. The number of fused-ring (bicyclic) bond motifs is 5. The third kappa shape index (κ3) is 8.60. The molecule has 6 aromatic rings. The first-order chi connectivity index (χ1) is 32.3. The second-order valence-electron chi connectivity index (χ2n) is 18.5. The highest BCUT2D eigenvalue weighted by atomic mass is 16.5. The summed E-state index contributed by atoms with van der Waals surface area (Å²) < 4.78 is 18.8. The minimum absolute atomic E-state index is 0.131. The Labute approximate surface area is 389 Å². The molecule has 2 fully saturated rings. The van der Waals surface area contributed by atoms with E-state index in [1.807, 2.05) is 56.0 Å². The van der Waals surface area contributed by atoms with Gasteiger partial charge in [0, 0.05) is 52.8 Å². The molecule has 0 aliphatic carbocycles. The van der Waals surface area contributed by atoms with Crippen molar-refractivity contribution in [3.8, 4) is 39.5 Å². The van der Waals surface area contributed by atoms with Crippen LogP contribution >= 0.6 is 0 Å². The number of aromatic amines is 2. The van der Waals surface area contributed by atoms with Gasteiger partial charge in [-0.2, -0.15) is 0 Å². The zero-order valence-electron chi connectivity index (χ0n) is 39.1. The number of imidazole rings is 2. The molecule has 350 valence electrons. The largest absolute Gasteiger partial charge is 0.485 e. The molecule has 4 N–H and O–H groups in total. The van der Waals surface area contributed by atoms with Gasteiger partial charge in [0.15, 0.2) is 0 Å². The molecule has 16 nitrogen and oxygen atoms in total. The van der Waals surface area contributed by atoms with Crippen LogP contribution in [0, 0.1) is 11.8 Å². The average Bonchev–Trinajstić information content (AvgIpc) is 4.19. The lowest BCUT2D eigenvalue weighted by Gasteiger charge is -2.30. The standard InChI is InChI=1S/C51H59N9O7/c1-28(2)43(56-50(63)65-6)48(61)58-21-11-15-39(58)46-52-25-36(54-46)32-18-20-38-35(23-32)42-30(5)67-41-24-33(17-19-34(41)45(42)60(38)27-31-13-9-8-10-14-31)37-26-53-47(55-37)40-16-12-22-59(40)49(62)44(29(3)4)57-51(64)66-7/h8-10,13-14,17-20,23-26,28-30,39-40,43-44H,11-12,15-16,21-22,27H2,1-7H3,(H,52,54)(H,53,55)(H,56,63)(H,57,64). The van der Waals surface area contributed by atoms with Crippen LogP contribution in [0.4, 0.5) is 9.59 Å². The number of H-pyrrole nitrogens is 2. The number of carbonyl (C=O) groups excluding carboxylic acids is 4. The highest BCUT2D eigenvalue weighted by Crippen LogP contribution is 2.49. The van der Waals surface area contributed by atoms with Gasteiger partial charge in [-0.1, -0.05) is 70.2 Å². The maximum Gasteiger partial charge on any atom is 0.407 e. The summed E-state index contributed by atoms with van der Waals surface area (Å²) in [6.45, 7) is 11.5. The van der Waals surface area contributed by atoms with Crippen molar-refractivity contribution in [1.29, 1.82) is 0 Å². The number of hydrogen-bond acceptors (Lipinski definition) is 9. The molecule has 6 heterocycles. The molecule has 3 aliphatic heterocycles. The van der Waals surface area contributed by atoms with E-state index in [1.54, 1.807) is 0 Å². The zero-order chi connectivity index (χ0) is 47.1. The van der Waals surface area contributed by atoms with Gasteiger partial charge in [0.25, 0.3) is 0 Å². The van der Waals surface area contributed by atoms with Crippen LogP contribution in [0.25, 0.3) is 44.7 Å². The zero-order valence-corrected chi connectivity index (χ0v) is 39.1. The topological polar surface area (TPSA) is 189 Å². The molecule has 67 heavy (non-hydrogen) atoms. The number of nitrogens with one attached hydrogen (secondary N) is 4. The molecule has 4 amide bonds. The number of likely N-dealkylation sites (tertiary alicyclic amines) is 2. The highest BCUT2D eigenvalue weighted by Gasteiger charge is 2.39. The van der Waals surface area contributed by atoms with Crippen LogP contribution < -0.4 is 15.4 Å². The fraction of sp³-hybridized carbons (Fsp3) is 0.412. The molecule has 3 aromatic carbocycles. The highest BCUT2D eigenvalue weighted by molar-refractivity contribution is 5.97. The van der Waals surface area contributed by atoms with Gasteiger partial charge in [-0.05, 0) is 74.3 Å². The van der Waals surface area contributed by atoms with Gasteiger partial charge in [0.05, 0.1) is 55.8 Å². The van der Waals surface area contributed by atoms with Gasteiger partial charge in [-0.3, -0.25) is 9.59 Å². The molecule has 0 radical (unpaired) electrons. The lowest BCUT2D eigenvalue weighted by Crippen LogP contribution is -2.51. The molecule has 0 spiro atoms. The summed E-state index contributed by atoms with van der Waals surface area (Å²) in [6, 6.07) is 21.2. The maximum absolute atomic E-state index is 13.8. The Morgan fingerprint density at radius 2 is 1.28 bits per heavy atom. The van der Waals surface area contributed by atoms with E-state index < -0.39 is 24.3 Å². The van der Waals surface area contributed by atoms with Crippen LogP contribution in [-0.4, -0.2) is 97.7 Å². The van der Waals surface area contributed by atoms with Crippen molar-refractivity contribution in [1.82, 2.24) is 44.9 Å².